The molecule has 0 saturated carbocycles. The number of rotatable bonds is 4. The maximum Gasteiger partial charge on any atom is 0.319 e. The predicted octanol–water partition coefficient (Wildman–Crippen LogP) is 3.37. The van der Waals surface area contributed by atoms with Gasteiger partial charge in [0.25, 0.3) is 0 Å². The van der Waals surface area contributed by atoms with E-state index in [2.05, 4.69) is 15.6 Å². The molecule has 2 rings (SSSR count). The molecular weight excluding hydrogens is 290 g/mol. The van der Waals surface area contributed by atoms with Gasteiger partial charge in [-0.1, -0.05) is 23.7 Å². The second kappa shape index (κ2) is 6.95. The molecule has 0 spiro atoms. The molecular formula is C15H16ClN3O2. The van der Waals surface area contributed by atoms with Gasteiger partial charge >= 0.3 is 6.03 Å². The first-order valence-electron chi connectivity index (χ1n) is 6.38. The van der Waals surface area contributed by atoms with Crippen molar-refractivity contribution in [3.8, 4) is 5.88 Å². The number of benzene rings is 1. The standard InChI is InChI=1S/C15H16ClN3O2/c1-10-3-5-13(12(16)7-10)19-15(20)18-9-11-4-6-14(21-2)17-8-11/h3-8H,9H2,1-2H3,(H2,18,19,20). The van der Waals surface area contributed by atoms with E-state index < -0.39 is 0 Å². The van der Waals surface area contributed by atoms with Crippen LogP contribution in [-0.4, -0.2) is 18.1 Å². The topological polar surface area (TPSA) is 63.2 Å². The largest absolute Gasteiger partial charge is 0.481 e. The fourth-order valence-corrected chi connectivity index (χ4v) is 1.99. The highest BCUT2D eigenvalue weighted by molar-refractivity contribution is 6.33. The zero-order valence-electron chi connectivity index (χ0n) is 11.8. The number of anilines is 1. The Hall–Kier alpha value is -2.27. The van der Waals surface area contributed by atoms with Crippen molar-refractivity contribution in [2.75, 3.05) is 12.4 Å². The van der Waals surface area contributed by atoms with Gasteiger partial charge in [0.05, 0.1) is 17.8 Å². The molecule has 1 aromatic heterocycles. The molecule has 0 bridgehead atoms. The monoisotopic (exact) mass is 305 g/mol. The number of pyridine rings is 1. The zero-order chi connectivity index (χ0) is 15.2. The summed E-state index contributed by atoms with van der Waals surface area (Å²) in [7, 11) is 1.55. The third-order valence-electron chi connectivity index (χ3n) is 2.83. The summed E-state index contributed by atoms with van der Waals surface area (Å²) >= 11 is 6.06. The summed E-state index contributed by atoms with van der Waals surface area (Å²) < 4.78 is 4.97. The zero-order valence-corrected chi connectivity index (χ0v) is 12.6. The van der Waals surface area contributed by atoms with Crippen molar-refractivity contribution in [3.05, 3.63) is 52.7 Å². The van der Waals surface area contributed by atoms with E-state index in [1.54, 1.807) is 31.5 Å². The van der Waals surface area contributed by atoms with Crippen LogP contribution in [0.1, 0.15) is 11.1 Å². The van der Waals surface area contributed by atoms with E-state index in [4.69, 9.17) is 16.3 Å². The van der Waals surface area contributed by atoms with Gasteiger partial charge in [0, 0.05) is 18.8 Å². The maximum absolute atomic E-state index is 11.8. The van der Waals surface area contributed by atoms with Crippen LogP contribution in [0.25, 0.3) is 0 Å². The number of hydrogen-bond acceptors (Lipinski definition) is 3. The molecule has 110 valence electrons. The Morgan fingerprint density at radius 3 is 2.76 bits per heavy atom. The van der Waals surface area contributed by atoms with Crippen molar-refractivity contribution in [1.29, 1.82) is 0 Å². The fraction of sp³-hybridized carbons (Fsp3) is 0.200. The number of urea groups is 1. The number of methoxy groups -OCH3 is 1. The number of aryl methyl sites for hydroxylation is 1. The lowest BCUT2D eigenvalue weighted by atomic mass is 10.2. The molecule has 0 aliphatic heterocycles. The van der Waals surface area contributed by atoms with Crippen LogP contribution in [-0.2, 0) is 6.54 Å². The summed E-state index contributed by atoms with van der Waals surface area (Å²) in [6.45, 7) is 2.30. The maximum atomic E-state index is 11.8. The normalized spacial score (nSPS) is 10.0. The van der Waals surface area contributed by atoms with Crippen molar-refractivity contribution in [1.82, 2.24) is 10.3 Å². The molecule has 5 nitrogen and oxygen atoms in total. The number of nitrogens with one attached hydrogen (secondary N) is 2. The average Bonchev–Trinajstić information content (AvgIpc) is 2.48. The summed E-state index contributed by atoms with van der Waals surface area (Å²) in [6.07, 6.45) is 1.65. The lowest BCUT2D eigenvalue weighted by Crippen LogP contribution is -2.28. The van der Waals surface area contributed by atoms with E-state index >= 15 is 0 Å². The molecule has 2 amide bonds. The molecule has 2 aromatic rings. The van der Waals surface area contributed by atoms with Gasteiger partial charge in [-0.2, -0.15) is 0 Å². The summed E-state index contributed by atoms with van der Waals surface area (Å²) in [5.74, 6) is 0.537. The summed E-state index contributed by atoms with van der Waals surface area (Å²) in [5.41, 5.74) is 2.49. The van der Waals surface area contributed by atoms with Crippen molar-refractivity contribution in [3.63, 3.8) is 0 Å². The van der Waals surface area contributed by atoms with Crippen LogP contribution in [0.2, 0.25) is 5.02 Å². The highest BCUT2D eigenvalue weighted by Crippen LogP contribution is 2.22. The second-order valence-electron chi connectivity index (χ2n) is 4.50. The van der Waals surface area contributed by atoms with Crippen molar-refractivity contribution < 1.29 is 9.53 Å². The highest BCUT2D eigenvalue weighted by atomic mass is 35.5. The molecule has 0 radical (unpaired) electrons. The summed E-state index contributed by atoms with van der Waals surface area (Å²) in [4.78, 5) is 15.9. The van der Waals surface area contributed by atoms with E-state index in [0.717, 1.165) is 11.1 Å². The Balaban J connectivity index is 1.89. The van der Waals surface area contributed by atoms with Gasteiger partial charge < -0.3 is 15.4 Å². The lowest BCUT2D eigenvalue weighted by Gasteiger charge is -2.09. The lowest BCUT2D eigenvalue weighted by molar-refractivity contribution is 0.251. The van der Waals surface area contributed by atoms with Crippen LogP contribution in [0, 0.1) is 6.92 Å². The van der Waals surface area contributed by atoms with Gasteiger partial charge in [-0.3, -0.25) is 0 Å². The average molecular weight is 306 g/mol. The quantitative estimate of drug-likeness (QED) is 0.910. The molecule has 1 heterocycles. The molecule has 2 N–H and O–H groups in total. The Morgan fingerprint density at radius 1 is 1.33 bits per heavy atom. The number of halogens is 1. The van der Waals surface area contributed by atoms with Gasteiger partial charge in [-0.05, 0) is 30.2 Å². The molecule has 0 aliphatic rings. The number of aromatic nitrogens is 1. The van der Waals surface area contributed by atoms with Crippen molar-refractivity contribution >= 4 is 23.3 Å². The minimum Gasteiger partial charge on any atom is -0.481 e. The predicted molar refractivity (Wildman–Crippen MR) is 82.8 cm³/mol. The Kier molecular flexibility index (Phi) is 5.00. The third-order valence-corrected chi connectivity index (χ3v) is 3.15. The van der Waals surface area contributed by atoms with Gasteiger partial charge in [0.1, 0.15) is 0 Å². The molecule has 0 atom stereocenters. The third kappa shape index (κ3) is 4.36. The Morgan fingerprint density at radius 2 is 2.14 bits per heavy atom. The molecule has 1 aromatic carbocycles. The number of carbonyl (C=O) groups is 1. The first-order valence-corrected chi connectivity index (χ1v) is 6.76. The van der Waals surface area contributed by atoms with Crippen LogP contribution >= 0.6 is 11.6 Å². The van der Waals surface area contributed by atoms with E-state index in [1.807, 2.05) is 19.1 Å². The SMILES string of the molecule is COc1ccc(CNC(=O)Nc2ccc(C)cc2Cl)cn1. The number of carbonyl (C=O) groups excluding carboxylic acids is 1. The van der Waals surface area contributed by atoms with Crippen molar-refractivity contribution in [2.24, 2.45) is 0 Å². The van der Waals surface area contributed by atoms with Gasteiger partial charge in [0.2, 0.25) is 5.88 Å². The Labute approximate surface area is 128 Å². The van der Waals surface area contributed by atoms with Gasteiger partial charge in [-0.15, -0.1) is 0 Å². The summed E-state index contributed by atoms with van der Waals surface area (Å²) in [5, 5.41) is 5.95. The number of amides is 2. The Bertz CT molecular complexity index is 629. The number of nitrogens with zero attached hydrogens (tertiary/aromatic N) is 1. The number of hydrogen-bond donors (Lipinski definition) is 2. The van der Waals surface area contributed by atoms with Crippen LogP contribution in [0.3, 0.4) is 0 Å². The van der Waals surface area contributed by atoms with Crippen LogP contribution in [0.5, 0.6) is 5.88 Å². The number of ether oxygens (including phenoxy) is 1. The highest BCUT2D eigenvalue weighted by Gasteiger charge is 2.05. The van der Waals surface area contributed by atoms with Gasteiger partial charge in [0.15, 0.2) is 0 Å². The summed E-state index contributed by atoms with van der Waals surface area (Å²) in [6, 6.07) is 8.71. The molecule has 0 unspecified atom stereocenters. The second-order valence-corrected chi connectivity index (χ2v) is 4.91. The van der Waals surface area contributed by atoms with E-state index in [-0.39, 0.29) is 6.03 Å². The molecule has 21 heavy (non-hydrogen) atoms. The van der Waals surface area contributed by atoms with E-state index in [9.17, 15) is 4.79 Å². The minimum atomic E-state index is -0.323. The first kappa shape index (κ1) is 15.1. The van der Waals surface area contributed by atoms with E-state index in [1.165, 1.54) is 0 Å². The van der Waals surface area contributed by atoms with Crippen LogP contribution in [0.15, 0.2) is 36.5 Å². The van der Waals surface area contributed by atoms with Crippen LogP contribution in [0.4, 0.5) is 10.5 Å². The molecule has 0 fully saturated rings. The smallest absolute Gasteiger partial charge is 0.319 e. The minimum absolute atomic E-state index is 0.323. The first-order chi connectivity index (χ1) is 10.1. The van der Waals surface area contributed by atoms with Crippen LogP contribution < -0.4 is 15.4 Å². The molecule has 6 heteroatoms. The van der Waals surface area contributed by atoms with Crippen molar-refractivity contribution in [2.45, 2.75) is 13.5 Å². The molecule has 0 aliphatic carbocycles. The van der Waals surface area contributed by atoms with Gasteiger partial charge in [-0.25, -0.2) is 9.78 Å². The van der Waals surface area contributed by atoms with E-state index in [0.29, 0.717) is 23.1 Å². The molecule has 0 saturated heterocycles. The fourth-order valence-electron chi connectivity index (χ4n) is 1.71.